The molecule has 308 valence electrons. The second kappa shape index (κ2) is 35.5. The van der Waals surface area contributed by atoms with Gasteiger partial charge in [0.15, 0.2) is 6.10 Å². The van der Waals surface area contributed by atoms with Crippen LogP contribution in [0, 0.1) is 11.3 Å². The third-order valence-corrected chi connectivity index (χ3v) is 10.3. The van der Waals surface area contributed by atoms with Gasteiger partial charge in [-0.1, -0.05) is 147 Å². The molecule has 0 aromatic rings. The van der Waals surface area contributed by atoms with Gasteiger partial charge in [-0.05, 0) is 58.8 Å². The predicted octanol–water partition coefficient (Wildman–Crippen LogP) is 11.9. The average molecular weight is 746 g/mol. The maximum atomic E-state index is 12.7. The van der Waals surface area contributed by atoms with E-state index in [0.717, 1.165) is 64.5 Å². The molecule has 0 aromatic heterocycles. The Kier molecular flexibility index (Phi) is 32.7. The molecule has 0 aliphatic carbocycles. The summed E-state index contributed by atoms with van der Waals surface area (Å²) in [6, 6.07) is 0.506. The molecule has 1 amide bonds. The van der Waals surface area contributed by atoms with Crippen molar-refractivity contribution in [3.63, 3.8) is 0 Å². The molecule has 0 aromatic carbocycles. The highest BCUT2D eigenvalue weighted by Crippen LogP contribution is 2.15. The Morgan fingerprint density at radius 2 is 1.23 bits per heavy atom. The third-order valence-electron chi connectivity index (χ3n) is 10.3. The number of ether oxygens (including phenoxy) is 3. The van der Waals surface area contributed by atoms with E-state index in [9.17, 15) is 9.59 Å². The van der Waals surface area contributed by atoms with Gasteiger partial charge >= 0.3 is 12.1 Å². The summed E-state index contributed by atoms with van der Waals surface area (Å²) in [5.74, 6) is -0.236. The van der Waals surface area contributed by atoms with E-state index in [0.29, 0.717) is 19.1 Å². The summed E-state index contributed by atoms with van der Waals surface area (Å²) in [6.45, 7) is 10.9. The molecule has 53 heavy (non-hydrogen) atoms. The highest BCUT2D eigenvalue weighted by atomic mass is 16.6. The molecule has 2 atom stereocenters. The lowest BCUT2D eigenvalue weighted by Gasteiger charge is -2.42. The Balaban J connectivity index is 2.29. The van der Waals surface area contributed by atoms with Gasteiger partial charge in [0.2, 0.25) is 0 Å². The van der Waals surface area contributed by atoms with Crippen molar-refractivity contribution >= 4 is 18.3 Å². The number of hydrogen-bond acceptors (Lipinski definition) is 7. The number of hydrogen-bond donors (Lipinski definition) is 2. The minimum atomic E-state index is -0.692. The molecule has 8 nitrogen and oxygen atoms in total. The van der Waals surface area contributed by atoms with Crippen LogP contribution in [0.3, 0.4) is 0 Å². The fourth-order valence-electron chi connectivity index (χ4n) is 6.65. The Morgan fingerprint density at radius 3 is 1.81 bits per heavy atom. The van der Waals surface area contributed by atoms with Crippen LogP contribution in [0.5, 0.6) is 0 Å². The number of carbonyl (C=O) groups excluding carboxylic acids is 2. The first kappa shape index (κ1) is 48.8. The van der Waals surface area contributed by atoms with Crippen LogP contribution in [-0.2, 0) is 19.0 Å². The van der Waals surface area contributed by atoms with Gasteiger partial charge in [0, 0.05) is 37.7 Å². The van der Waals surface area contributed by atoms with Crippen molar-refractivity contribution in [2.24, 2.45) is 5.92 Å². The minimum absolute atomic E-state index is 0.0172. The molecule has 8 heteroatoms. The first-order valence-electron chi connectivity index (χ1n) is 22.1. The van der Waals surface area contributed by atoms with Crippen LogP contribution < -0.4 is 5.32 Å². The van der Waals surface area contributed by atoms with E-state index >= 15 is 0 Å². The molecule has 1 aliphatic heterocycles. The Bertz CT molecular complexity index is 933. The number of allylic oxidation sites excluding steroid dienone is 4. The molecule has 0 bridgehead atoms. The minimum Gasteiger partial charge on any atom is -0.462 e. The quantitative estimate of drug-likeness (QED) is 0.0284. The van der Waals surface area contributed by atoms with Gasteiger partial charge in [0.1, 0.15) is 6.61 Å². The third kappa shape index (κ3) is 29.8. The van der Waals surface area contributed by atoms with E-state index < -0.39 is 12.2 Å². The first-order chi connectivity index (χ1) is 25.9. The van der Waals surface area contributed by atoms with Gasteiger partial charge in [0.05, 0.1) is 19.3 Å². The lowest BCUT2D eigenvalue weighted by Crippen LogP contribution is -2.61. The number of nitrogens with zero attached hydrogens (tertiary/aromatic N) is 1. The SMILES string of the molecule is CCCCC/C=C\C/C=C\CCCCCCC(C=N)COCC(COC(=O)CCCCCCCCCCCCCCC)OC(=O)NC1CN(C(C)C)C1. The highest BCUT2D eigenvalue weighted by Gasteiger charge is 2.30. The fourth-order valence-corrected chi connectivity index (χ4v) is 6.65. The lowest BCUT2D eigenvalue weighted by atomic mass is 10.0. The van der Waals surface area contributed by atoms with Crippen molar-refractivity contribution in [1.29, 1.82) is 5.41 Å². The normalized spacial score (nSPS) is 14.9. The summed E-state index contributed by atoms with van der Waals surface area (Å²) in [7, 11) is 0. The Hall–Kier alpha value is -2.19. The molecule has 0 saturated carbocycles. The Labute approximate surface area is 326 Å². The summed E-state index contributed by atoms with van der Waals surface area (Å²) >= 11 is 0. The largest absolute Gasteiger partial charge is 0.462 e. The van der Waals surface area contributed by atoms with E-state index in [4.69, 9.17) is 19.6 Å². The van der Waals surface area contributed by atoms with Crippen molar-refractivity contribution in [3.8, 4) is 0 Å². The van der Waals surface area contributed by atoms with Crippen LogP contribution in [-0.4, -0.2) is 74.3 Å². The molecule has 1 heterocycles. The monoisotopic (exact) mass is 746 g/mol. The highest BCUT2D eigenvalue weighted by molar-refractivity contribution is 5.69. The smallest absolute Gasteiger partial charge is 0.407 e. The van der Waals surface area contributed by atoms with Gasteiger partial charge < -0.3 is 24.9 Å². The van der Waals surface area contributed by atoms with Gasteiger partial charge in [-0.15, -0.1) is 0 Å². The van der Waals surface area contributed by atoms with Crippen molar-refractivity contribution in [3.05, 3.63) is 24.3 Å². The molecule has 2 N–H and O–H groups in total. The van der Waals surface area contributed by atoms with E-state index in [-0.39, 0.29) is 31.1 Å². The molecule has 1 saturated heterocycles. The summed E-state index contributed by atoms with van der Waals surface area (Å²) in [6.07, 6.45) is 38.9. The van der Waals surface area contributed by atoms with E-state index in [1.54, 1.807) is 0 Å². The van der Waals surface area contributed by atoms with Crippen LogP contribution >= 0.6 is 0 Å². The van der Waals surface area contributed by atoms with Crippen LogP contribution in [0.25, 0.3) is 0 Å². The molecule has 1 aliphatic rings. The second-order valence-electron chi connectivity index (χ2n) is 15.7. The van der Waals surface area contributed by atoms with Crippen molar-refractivity contribution in [1.82, 2.24) is 10.2 Å². The zero-order chi connectivity index (χ0) is 38.6. The maximum Gasteiger partial charge on any atom is 0.407 e. The average Bonchev–Trinajstić information content (AvgIpc) is 3.12. The van der Waals surface area contributed by atoms with Gasteiger partial charge in [-0.2, -0.15) is 0 Å². The number of carbonyl (C=O) groups is 2. The summed E-state index contributed by atoms with van der Waals surface area (Å²) in [5.41, 5.74) is 0. The number of likely N-dealkylation sites (tertiary alicyclic amines) is 1. The topological polar surface area (TPSA) is 101 Å². The molecule has 1 fully saturated rings. The maximum absolute atomic E-state index is 12.7. The van der Waals surface area contributed by atoms with E-state index in [1.807, 2.05) is 0 Å². The number of amides is 1. The van der Waals surface area contributed by atoms with Gasteiger partial charge in [-0.3, -0.25) is 9.69 Å². The molecule has 0 radical (unpaired) electrons. The van der Waals surface area contributed by atoms with Crippen molar-refractivity contribution in [2.75, 3.05) is 32.9 Å². The first-order valence-corrected chi connectivity index (χ1v) is 22.1. The number of rotatable bonds is 37. The van der Waals surface area contributed by atoms with Gasteiger partial charge in [0.25, 0.3) is 0 Å². The van der Waals surface area contributed by atoms with Crippen LogP contribution in [0.4, 0.5) is 4.79 Å². The Morgan fingerprint density at radius 1 is 0.698 bits per heavy atom. The summed E-state index contributed by atoms with van der Waals surface area (Å²) in [5, 5.41) is 10.8. The van der Waals surface area contributed by atoms with E-state index in [1.165, 1.54) is 109 Å². The molecular weight excluding hydrogens is 663 g/mol. The molecule has 0 spiro atoms. The molecule has 2 unspecified atom stereocenters. The van der Waals surface area contributed by atoms with E-state index in [2.05, 4.69) is 62.2 Å². The van der Waals surface area contributed by atoms with Crippen LogP contribution in [0.2, 0.25) is 0 Å². The summed E-state index contributed by atoms with van der Waals surface area (Å²) < 4.78 is 17.2. The number of alkyl carbamates (subject to hydrolysis) is 1. The lowest BCUT2D eigenvalue weighted by molar-refractivity contribution is -0.148. The molecule has 1 rings (SSSR count). The predicted molar refractivity (Wildman–Crippen MR) is 223 cm³/mol. The van der Waals surface area contributed by atoms with Crippen molar-refractivity contribution < 1.29 is 23.8 Å². The van der Waals surface area contributed by atoms with Gasteiger partial charge in [-0.25, -0.2) is 4.79 Å². The zero-order valence-electron chi connectivity index (χ0n) is 34.9. The number of esters is 1. The van der Waals surface area contributed by atoms with Crippen LogP contribution in [0.15, 0.2) is 24.3 Å². The summed E-state index contributed by atoms with van der Waals surface area (Å²) in [4.78, 5) is 27.5. The zero-order valence-corrected chi connectivity index (χ0v) is 34.9. The van der Waals surface area contributed by atoms with Crippen molar-refractivity contribution in [2.45, 2.75) is 206 Å². The number of nitrogens with one attached hydrogen (secondary N) is 2. The second-order valence-corrected chi connectivity index (χ2v) is 15.7. The fraction of sp³-hybridized carbons (Fsp3) is 0.844. The number of unbranched alkanes of at least 4 members (excludes halogenated alkanes) is 19. The molecular formula is C45H83N3O5. The standard InChI is InChI=1S/C45H83N3O5/c1-5-7-9-11-13-15-17-19-21-22-24-26-28-30-32-41(34-46)37-51-38-43(53-45(50)47-42-35-48(36-42)40(3)4)39-52-44(49)33-31-29-27-25-23-20-18-16-14-12-10-8-6-2/h13,15,19,21,34,40-43,46H,5-12,14,16-18,20,22-33,35-39H2,1-4H3,(H,47,50)/b15-13-,21-19-,46-34?. The van der Waals surface area contributed by atoms with Crippen LogP contribution in [0.1, 0.15) is 188 Å².